The first kappa shape index (κ1) is 15.9. The number of likely N-dealkylation sites (N-methyl/N-ethyl adjacent to an activating group) is 1. The summed E-state index contributed by atoms with van der Waals surface area (Å²) in [4.78, 5) is 2.46. The fourth-order valence-electron chi connectivity index (χ4n) is 2.47. The molecule has 5 nitrogen and oxygen atoms in total. The first-order valence-corrected chi connectivity index (χ1v) is 8.12. The molecule has 1 aliphatic rings. The van der Waals surface area contributed by atoms with Crippen LogP contribution in [0.15, 0.2) is 0 Å². The van der Waals surface area contributed by atoms with Crippen LogP contribution in [0.25, 0.3) is 0 Å². The molecular weight excluding hydrogens is 252 g/mol. The zero-order valence-corrected chi connectivity index (χ0v) is 12.8. The van der Waals surface area contributed by atoms with Crippen LogP contribution < -0.4 is 0 Å². The molecule has 0 saturated carbocycles. The molecule has 0 aromatic rings. The highest BCUT2D eigenvalue weighted by Crippen LogP contribution is 2.19. The molecule has 1 rings (SSSR count). The Balaban J connectivity index is 2.40. The quantitative estimate of drug-likeness (QED) is 0.554. The first-order valence-electron chi connectivity index (χ1n) is 6.54. The normalized spacial score (nSPS) is 22.1. The number of nitrogens with zero attached hydrogens (tertiary/aromatic N) is 2. The number of hydrogen-bond acceptors (Lipinski definition) is 4. The molecule has 1 fully saturated rings. The predicted octanol–water partition coefficient (Wildman–Crippen LogP) is 0.482. The van der Waals surface area contributed by atoms with Gasteiger partial charge in [0.05, 0.1) is 36.8 Å². The summed E-state index contributed by atoms with van der Waals surface area (Å²) in [7, 11) is -1.91. The lowest BCUT2D eigenvalue weighted by atomic mass is 10.0. The molecule has 0 atom stereocenters. The van der Waals surface area contributed by atoms with Gasteiger partial charge in [-0.2, -0.15) is 0 Å². The lowest BCUT2D eigenvalue weighted by Crippen LogP contribution is -2.61. The van der Waals surface area contributed by atoms with Gasteiger partial charge >= 0.3 is 0 Å². The van der Waals surface area contributed by atoms with Crippen molar-refractivity contribution in [2.45, 2.75) is 32.7 Å². The Kier molecular flexibility index (Phi) is 4.81. The summed E-state index contributed by atoms with van der Waals surface area (Å²) in [5, 5.41) is 0. The third kappa shape index (κ3) is 5.22. The molecule has 0 aromatic heterocycles. The maximum absolute atomic E-state index is 10.6. The van der Waals surface area contributed by atoms with Crippen molar-refractivity contribution >= 4 is 10.1 Å². The highest BCUT2D eigenvalue weighted by atomic mass is 32.2. The number of rotatable bonds is 4. The van der Waals surface area contributed by atoms with Crippen molar-refractivity contribution < 1.29 is 17.5 Å². The molecule has 1 aliphatic heterocycles. The molecule has 1 saturated heterocycles. The highest BCUT2D eigenvalue weighted by molar-refractivity contribution is 7.85. The monoisotopic (exact) mass is 278 g/mol. The Morgan fingerprint density at radius 3 is 2.11 bits per heavy atom. The molecule has 1 heterocycles. The molecule has 0 aliphatic carbocycles. The van der Waals surface area contributed by atoms with E-state index in [4.69, 9.17) is 0 Å². The molecular formula is C12H26N2O3S. The van der Waals surface area contributed by atoms with E-state index in [9.17, 15) is 13.0 Å². The number of hydrogen-bond donors (Lipinski definition) is 0. The first-order chi connectivity index (χ1) is 8.02. The van der Waals surface area contributed by atoms with Gasteiger partial charge in [-0.1, -0.05) is 0 Å². The third-order valence-electron chi connectivity index (χ3n) is 3.86. The fraction of sp³-hybridized carbons (Fsp3) is 1.00. The van der Waals surface area contributed by atoms with Gasteiger partial charge < -0.3 is 9.04 Å². The maximum atomic E-state index is 10.6. The minimum atomic E-state index is -4.06. The zero-order chi connectivity index (χ0) is 14.0. The van der Waals surface area contributed by atoms with E-state index < -0.39 is 10.1 Å². The van der Waals surface area contributed by atoms with E-state index in [-0.39, 0.29) is 11.3 Å². The van der Waals surface area contributed by atoms with E-state index in [1.165, 1.54) is 0 Å². The predicted molar refractivity (Wildman–Crippen MR) is 71.3 cm³/mol. The highest BCUT2D eigenvalue weighted by Gasteiger charge is 2.32. The summed E-state index contributed by atoms with van der Waals surface area (Å²) in [6.45, 7) is 11.5. The molecule has 18 heavy (non-hydrogen) atoms. The Labute approximate surface area is 111 Å². The summed E-state index contributed by atoms with van der Waals surface area (Å²) in [6, 6.07) is 0. The van der Waals surface area contributed by atoms with Crippen LogP contribution in [0.3, 0.4) is 0 Å². The SMILES string of the molecule is CC(C)(C)N1CC[N+](C)(CCCS(=O)(=O)[O-])CC1. The topological polar surface area (TPSA) is 60.4 Å². The number of quaternary nitrogens is 1. The summed E-state index contributed by atoms with van der Waals surface area (Å²) in [5.41, 5.74) is 0.198. The van der Waals surface area contributed by atoms with Gasteiger partial charge in [0, 0.05) is 30.8 Å². The molecule has 0 unspecified atom stereocenters. The van der Waals surface area contributed by atoms with Crippen molar-refractivity contribution in [3.63, 3.8) is 0 Å². The largest absolute Gasteiger partial charge is 0.748 e. The third-order valence-corrected chi connectivity index (χ3v) is 4.65. The van der Waals surface area contributed by atoms with Gasteiger partial charge in [0.1, 0.15) is 0 Å². The second-order valence-electron chi connectivity index (χ2n) is 6.56. The Bertz CT molecular complexity index is 365. The summed E-state index contributed by atoms with van der Waals surface area (Å²) in [6.07, 6.45) is 0.470. The smallest absolute Gasteiger partial charge is 0.0948 e. The van der Waals surface area contributed by atoms with Crippen LogP contribution in [0.1, 0.15) is 27.2 Å². The van der Waals surface area contributed by atoms with Crippen molar-refractivity contribution in [1.82, 2.24) is 4.90 Å². The molecule has 0 spiro atoms. The van der Waals surface area contributed by atoms with E-state index in [0.29, 0.717) is 6.42 Å². The van der Waals surface area contributed by atoms with E-state index in [0.717, 1.165) is 37.2 Å². The van der Waals surface area contributed by atoms with E-state index >= 15 is 0 Å². The minimum Gasteiger partial charge on any atom is -0.748 e. The van der Waals surface area contributed by atoms with Crippen molar-refractivity contribution in [3.8, 4) is 0 Å². The average molecular weight is 278 g/mol. The van der Waals surface area contributed by atoms with Crippen LogP contribution in [0.5, 0.6) is 0 Å². The van der Waals surface area contributed by atoms with Crippen LogP contribution in [0.2, 0.25) is 0 Å². The Morgan fingerprint density at radius 2 is 1.72 bits per heavy atom. The van der Waals surface area contributed by atoms with Crippen molar-refractivity contribution in [3.05, 3.63) is 0 Å². The second kappa shape index (κ2) is 5.45. The lowest BCUT2D eigenvalue weighted by molar-refractivity contribution is -0.914. The molecule has 0 N–H and O–H groups in total. The Morgan fingerprint density at radius 1 is 1.22 bits per heavy atom. The van der Waals surface area contributed by atoms with E-state index in [1.807, 2.05) is 0 Å². The molecule has 0 bridgehead atoms. The van der Waals surface area contributed by atoms with Gasteiger partial charge in [0.15, 0.2) is 0 Å². The second-order valence-corrected chi connectivity index (χ2v) is 8.09. The molecule has 0 radical (unpaired) electrons. The van der Waals surface area contributed by atoms with Crippen LogP contribution in [0.4, 0.5) is 0 Å². The van der Waals surface area contributed by atoms with Gasteiger partial charge in [-0.3, -0.25) is 4.90 Å². The molecule has 0 aromatic carbocycles. The van der Waals surface area contributed by atoms with Crippen LogP contribution in [-0.2, 0) is 10.1 Å². The fourth-order valence-corrected chi connectivity index (χ4v) is 2.95. The van der Waals surface area contributed by atoms with Gasteiger partial charge in [-0.05, 0) is 20.8 Å². The van der Waals surface area contributed by atoms with Gasteiger partial charge in [0.25, 0.3) is 0 Å². The van der Waals surface area contributed by atoms with Gasteiger partial charge in [-0.25, -0.2) is 8.42 Å². The van der Waals surface area contributed by atoms with Crippen molar-refractivity contribution in [2.75, 3.05) is 45.5 Å². The summed E-state index contributed by atoms with van der Waals surface area (Å²) in [5.74, 6) is -0.232. The number of piperazine rings is 1. The van der Waals surface area contributed by atoms with Crippen LogP contribution >= 0.6 is 0 Å². The van der Waals surface area contributed by atoms with Crippen LogP contribution in [-0.4, -0.2) is 73.4 Å². The zero-order valence-electron chi connectivity index (χ0n) is 12.0. The minimum absolute atomic E-state index is 0.198. The van der Waals surface area contributed by atoms with Crippen molar-refractivity contribution in [1.29, 1.82) is 0 Å². The maximum Gasteiger partial charge on any atom is 0.0948 e. The van der Waals surface area contributed by atoms with Gasteiger partial charge in [0.2, 0.25) is 0 Å². The van der Waals surface area contributed by atoms with Gasteiger partial charge in [-0.15, -0.1) is 0 Å². The Hall–Kier alpha value is -0.170. The molecule has 0 amide bonds. The van der Waals surface area contributed by atoms with E-state index in [2.05, 4.69) is 32.7 Å². The average Bonchev–Trinajstić information content (AvgIpc) is 2.14. The van der Waals surface area contributed by atoms with Crippen LogP contribution in [0, 0.1) is 0 Å². The lowest BCUT2D eigenvalue weighted by Gasteiger charge is -2.46. The molecule has 108 valence electrons. The summed E-state index contributed by atoms with van der Waals surface area (Å²) < 4.78 is 32.6. The van der Waals surface area contributed by atoms with E-state index in [1.54, 1.807) is 0 Å². The standard InChI is InChI=1S/C12H26N2O3S/c1-12(2,3)13-6-9-14(4,10-7-13)8-5-11-18(15,16)17/h5-11H2,1-4H3. The molecule has 6 heteroatoms. The summed E-state index contributed by atoms with van der Waals surface area (Å²) >= 11 is 0. The van der Waals surface area contributed by atoms with Crippen molar-refractivity contribution in [2.24, 2.45) is 0 Å².